The number of morpholine rings is 1. The third-order valence-corrected chi connectivity index (χ3v) is 4.39. The molecule has 1 aliphatic heterocycles. The van der Waals surface area contributed by atoms with Gasteiger partial charge in [-0.2, -0.15) is 0 Å². The van der Waals surface area contributed by atoms with Crippen LogP contribution in [-0.2, 0) is 16.0 Å². The lowest BCUT2D eigenvalue weighted by atomic mass is 10.0. The van der Waals surface area contributed by atoms with E-state index in [9.17, 15) is 9.59 Å². The van der Waals surface area contributed by atoms with Crippen LogP contribution in [0.1, 0.15) is 55.6 Å². The molecule has 1 aromatic rings. The second-order valence-electron chi connectivity index (χ2n) is 8.10. The summed E-state index contributed by atoms with van der Waals surface area (Å²) < 4.78 is 10.8. The van der Waals surface area contributed by atoms with Crippen molar-refractivity contribution in [1.29, 1.82) is 0 Å². The van der Waals surface area contributed by atoms with Crippen LogP contribution < -0.4 is 10.6 Å². The maximum Gasteiger partial charge on any atom is 0.412 e. The molecular weight excluding hydrogens is 358 g/mol. The maximum absolute atomic E-state index is 12.7. The van der Waals surface area contributed by atoms with E-state index in [0.29, 0.717) is 17.8 Å². The summed E-state index contributed by atoms with van der Waals surface area (Å²) in [5.41, 5.74) is 2.39. The quantitative estimate of drug-likeness (QED) is 0.778. The molecule has 1 fully saturated rings. The van der Waals surface area contributed by atoms with Gasteiger partial charge in [-0.25, -0.2) is 4.79 Å². The highest BCUT2D eigenvalue weighted by atomic mass is 16.6. The zero-order chi connectivity index (χ0) is 20.7. The third-order valence-electron chi connectivity index (χ3n) is 4.39. The lowest BCUT2D eigenvalue weighted by Gasteiger charge is -2.27. The first-order valence-corrected chi connectivity index (χ1v) is 9.91. The van der Waals surface area contributed by atoms with Crippen molar-refractivity contribution >= 4 is 17.7 Å². The van der Waals surface area contributed by atoms with E-state index in [-0.39, 0.29) is 5.91 Å². The van der Waals surface area contributed by atoms with E-state index >= 15 is 0 Å². The lowest BCUT2D eigenvalue weighted by molar-refractivity contribution is 0.0341. The Hall–Kier alpha value is -2.12. The SMILES string of the molecule is CCCNC(=O)c1cc(CN2CCOCC2)c(C)cc1NC(=O)OC(C)(C)C. The molecule has 0 radical (unpaired) electrons. The number of carbonyl (C=O) groups is 2. The third kappa shape index (κ3) is 6.80. The van der Waals surface area contributed by atoms with E-state index in [1.807, 2.05) is 26.0 Å². The number of nitrogens with zero attached hydrogens (tertiary/aromatic N) is 1. The highest BCUT2D eigenvalue weighted by molar-refractivity contribution is 6.03. The Kier molecular flexibility index (Phi) is 7.83. The minimum Gasteiger partial charge on any atom is -0.444 e. The molecule has 0 atom stereocenters. The van der Waals surface area contributed by atoms with Gasteiger partial charge in [0.05, 0.1) is 24.5 Å². The molecule has 0 aliphatic carbocycles. The van der Waals surface area contributed by atoms with Gasteiger partial charge in [0, 0.05) is 26.2 Å². The largest absolute Gasteiger partial charge is 0.444 e. The first-order valence-electron chi connectivity index (χ1n) is 9.91. The van der Waals surface area contributed by atoms with Gasteiger partial charge in [-0.1, -0.05) is 6.92 Å². The van der Waals surface area contributed by atoms with Crippen LogP contribution in [0, 0.1) is 6.92 Å². The number of ether oxygens (including phenoxy) is 2. The summed E-state index contributed by atoms with van der Waals surface area (Å²) in [7, 11) is 0. The Bertz CT molecular complexity index is 692. The van der Waals surface area contributed by atoms with Crippen molar-refractivity contribution in [3.05, 3.63) is 28.8 Å². The van der Waals surface area contributed by atoms with Crippen LogP contribution >= 0.6 is 0 Å². The Labute approximate surface area is 167 Å². The van der Waals surface area contributed by atoms with Crippen LogP contribution in [0.5, 0.6) is 0 Å². The summed E-state index contributed by atoms with van der Waals surface area (Å²) in [4.78, 5) is 27.3. The molecule has 0 bridgehead atoms. The van der Waals surface area contributed by atoms with Crippen molar-refractivity contribution in [3.8, 4) is 0 Å². The van der Waals surface area contributed by atoms with Crippen molar-refractivity contribution in [2.75, 3.05) is 38.2 Å². The summed E-state index contributed by atoms with van der Waals surface area (Å²) >= 11 is 0. The molecule has 0 unspecified atom stereocenters. The maximum atomic E-state index is 12.7. The number of aryl methyl sites for hydroxylation is 1. The molecule has 0 spiro atoms. The van der Waals surface area contributed by atoms with E-state index in [0.717, 1.165) is 50.4 Å². The fraction of sp³-hybridized carbons (Fsp3) is 0.619. The monoisotopic (exact) mass is 391 g/mol. The molecule has 28 heavy (non-hydrogen) atoms. The zero-order valence-electron chi connectivity index (χ0n) is 17.7. The molecule has 2 amide bonds. The number of carbonyl (C=O) groups excluding carboxylic acids is 2. The fourth-order valence-electron chi connectivity index (χ4n) is 2.96. The van der Waals surface area contributed by atoms with Crippen LogP contribution in [0.25, 0.3) is 0 Å². The average Bonchev–Trinajstić information content (AvgIpc) is 2.61. The normalized spacial score (nSPS) is 15.2. The van der Waals surface area contributed by atoms with Crippen LogP contribution in [0.4, 0.5) is 10.5 Å². The number of rotatable bonds is 6. The lowest BCUT2D eigenvalue weighted by Crippen LogP contribution is -2.36. The first kappa shape index (κ1) is 22.2. The second kappa shape index (κ2) is 9.89. The van der Waals surface area contributed by atoms with E-state index in [1.54, 1.807) is 20.8 Å². The topological polar surface area (TPSA) is 79.9 Å². The predicted molar refractivity (Wildman–Crippen MR) is 110 cm³/mol. The van der Waals surface area contributed by atoms with Gasteiger partial charge in [0.25, 0.3) is 5.91 Å². The van der Waals surface area contributed by atoms with Crippen LogP contribution in [0.3, 0.4) is 0 Å². The van der Waals surface area contributed by atoms with Gasteiger partial charge >= 0.3 is 6.09 Å². The van der Waals surface area contributed by atoms with Crippen molar-refractivity contribution in [2.45, 2.75) is 53.2 Å². The van der Waals surface area contributed by atoms with Gasteiger partial charge in [0.2, 0.25) is 0 Å². The zero-order valence-corrected chi connectivity index (χ0v) is 17.7. The molecule has 1 heterocycles. The molecule has 2 N–H and O–H groups in total. The number of nitrogens with one attached hydrogen (secondary N) is 2. The molecule has 1 aromatic carbocycles. The molecule has 7 heteroatoms. The Morgan fingerprint density at radius 2 is 1.89 bits per heavy atom. The molecule has 156 valence electrons. The van der Waals surface area contributed by atoms with E-state index < -0.39 is 11.7 Å². The van der Waals surface area contributed by atoms with Gasteiger partial charge < -0.3 is 14.8 Å². The van der Waals surface area contributed by atoms with Gasteiger partial charge in [0.1, 0.15) is 5.60 Å². The number of anilines is 1. The minimum absolute atomic E-state index is 0.198. The number of hydrogen-bond donors (Lipinski definition) is 2. The van der Waals surface area contributed by atoms with Crippen molar-refractivity contribution in [2.24, 2.45) is 0 Å². The number of amides is 2. The first-order chi connectivity index (χ1) is 13.2. The van der Waals surface area contributed by atoms with E-state index in [1.165, 1.54) is 0 Å². The smallest absolute Gasteiger partial charge is 0.412 e. The van der Waals surface area contributed by atoms with Crippen molar-refractivity contribution in [3.63, 3.8) is 0 Å². The van der Waals surface area contributed by atoms with Gasteiger partial charge in [-0.15, -0.1) is 0 Å². The molecule has 1 aliphatic rings. The Morgan fingerprint density at radius 1 is 1.21 bits per heavy atom. The number of benzene rings is 1. The van der Waals surface area contributed by atoms with Gasteiger partial charge in [-0.05, 0) is 57.4 Å². The van der Waals surface area contributed by atoms with Crippen LogP contribution in [0.15, 0.2) is 12.1 Å². The fourth-order valence-corrected chi connectivity index (χ4v) is 2.96. The summed E-state index contributed by atoms with van der Waals surface area (Å²) in [5.74, 6) is -0.198. The van der Waals surface area contributed by atoms with Crippen molar-refractivity contribution < 1.29 is 19.1 Å². The average molecular weight is 392 g/mol. The van der Waals surface area contributed by atoms with Crippen molar-refractivity contribution in [1.82, 2.24) is 10.2 Å². The van der Waals surface area contributed by atoms with E-state index in [2.05, 4.69) is 15.5 Å². The van der Waals surface area contributed by atoms with E-state index in [4.69, 9.17) is 9.47 Å². The molecule has 1 saturated heterocycles. The van der Waals surface area contributed by atoms with Crippen LogP contribution in [-0.4, -0.2) is 55.3 Å². The highest BCUT2D eigenvalue weighted by Crippen LogP contribution is 2.24. The highest BCUT2D eigenvalue weighted by Gasteiger charge is 2.21. The molecule has 0 saturated carbocycles. The summed E-state index contributed by atoms with van der Waals surface area (Å²) in [5, 5.41) is 5.64. The molecule has 7 nitrogen and oxygen atoms in total. The molecular formula is C21H33N3O4. The summed E-state index contributed by atoms with van der Waals surface area (Å²) in [6, 6.07) is 3.73. The molecule has 0 aromatic heterocycles. The Balaban J connectivity index is 2.27. The minimum atomic E-state index is -0.611. The second-order valence-corrected chi connectivity index (χ2v) is 8.10. The standard InChI is InChI=1S/C21H33N3O4/c1-6-7-22-19(25)17-13-16(14-24-8-10-27-11-9-24)15(2)12-18(17)23-20(26)28-21(3,4)5/h12-13H,6-11,14H2,1-5H3,(H,22,25)(H,23,26). The van der Waals surface area contributed by atoms with Gasteiger partial charge in [0.15, 0.2) is 0 Å². The Morgan fingerprint density at radius 3 is 2.50 bits per heavy atom. The summed E-state index contributed by atoms with van der Waals surface area (Å²) in [6.07, 6.45) is 0.268. The van der Waals surface area contributed by atoms with Gasteiger partial charge in [-0.3, -0.25) is 15.0 Å². The van der Waals surface area contributed by atoms with Crippen LogP contribution in [0.2, 0.25) is 0 Å². The summed E-state index contributed by atoms with van der Waals surface area (Å²) in [6.45, 7) is 13.9. The molecule has 2 rings (SSSR count). The predicted octanol–water partition coefficient (Wildman–Crippen LogP) is 3.31. The number of hydrogen-bond acceptors (Lipinski definition) is 5.